The standard InChI is InChI=1S/C17H24FNO3S/c1-23(20,21)17-3-2-12(8-16(17)18)10-22-11-14-9-15(14)13-4-6-19-7-5-13/h2-3,8,13-15,19H,4-7,9-11H2,1H3. The fourth-order valence-corrected chi connectivity index (χ4v) is 4.30. The highest BCUT2D eigenvalue weighted by atomic mass is 32.2. The topological polar surface area (TPSA) is 55.4 Å². The van der Waals surface area contributed by atoms with E-state index >= 15 is 0 Å². The minimum atomic E-state index is -3.51. The molecule has 6 heteroatoms. The molecule has 1 aliphatic heterocycles. The van der Waals surface area contributed by atoms with Gasteiger partial charge in [-0.15, -0.1) is 0 Å². The van der Waals surface area contributed by atoms with Crippen LogP contribution >= 0.6 is 0 Å². The number of piperidine rings is 1. The lowest BCUT2D eigenvalue weighted by Gasteiger charge is -2.22. The number of hydrogen-bond acceptors (Lipinski definition) is 4. The van der Waals surface area contributed by atoms with Crippen molar-refractivity contribution in [1.29, 1.82) is 0 Å². The summed E-state index contributed by atoms with van der Waals surface area (Å²) in [6.07, 6.45) is 4.78. The summed E-state index contributed by atoms with van der Waals surface area (Å²) in [5.74, 6) is 1.56. The Morgan fingerprint density at radius 2 is 2.04 bits per heavy atom. The van der Waals surface area contributed by atoms with Crippen LogP contribution in [0.4, 0.5) is 4.39 Å². The number of sulfone groups is 1. The molecule has 1 aliphatic carbocycles. The minimum Gasteiger partial charge on any atom is -0.376 e. The molecule has 1 N–H and O–H groups in total. The van der Waals surface area contributed by atoms with Crippen LogP contribution in [0.3, 0.4) is 0 Å². The predicted octanol–water partition coefficient (Wildman–Crippen LogP) is 2.38. The summed E-state index contributed by atoms with van der Waals surface area (Å²) in [5.41, 5.74) is 0.675. The van der Waals surface area contributed by atoms with Crippen molar-refractivity contribution in [3.63, 3.8) is 0 Å². The lowest BCUT2D eigenvalue weighted by Crippen LogP contribution is -2.29. The Balaban J connectivity index is 1.46. The molecule has 1 saturated heterocycles. The van der Waals surface area contributed by atoms with Crippen LogP contribution in [0.15, 0.2) is 23.1 Å². The summed E-state index contributed by atoms with van der Waals surface area (Å²) in [4.78, 5) is -0.255. The van der Waals surface area contributed by atoms with Crippen molar-refractivity contribution < 1.29 is 17.5 Å². The summed E-state index contributed by atoms with van der Waals surface area (Å²) in [6.45, 7) is 3.29. The first-order chi connectivity index (χ1) is 10.9. The van der Waals surface area contributed by atoms with Crippen molar-refractivity contribution in [1.82, 2.24) is 5.32 Å². The monoisotopic (exact) mass is 341 g/mol. The number of ether oxygens (including phenoxy) is 1. The van der Waals surface area contributed by atoms with E-state index in [-0.39, 0.29) is 4.90 Å². The quantitative estimate of drug-likeness (QED) is 0.863. The van der Waals surface area contributed by atoms with Crippen LogP contribution in [0.5, 0.6) is 0 Å². The number of hydrogen-bond donors (Lipinski definition) is 1. The van der Waals surface area contributed by atoms with Gasteiger partial charge in [-0.1, -0.05) is 6.07 Å². The van der Waals surface area contributed by atoms with E-state index < -0.39 is 15.7 Å². The van der Waals surface area contributed by atoms with Crippen LogP contribution in [-0.4, -0.2) is 34.4 Å². The zero-order valence-corrected chi connectivity index (χ0v) is 14.2. The summed E-state index contributed by atoms with van der Waals surface area (Å²) < 4.78 is 42.3. The Kier molecular flexibility index (Phi) is 5.04. The van der Waals surface area contributed by atoms with Gasteiger partial charge in [-0.05, 0) is 67.8 Å². The van der Waals surface area contributed by atoms with Crippen molar-refractivity contribution in [2.75, 3.05) is 26.0 Å². The summed E-state index contributed by atoms with van der Waals surface area (Å²) in [5, 5.41) is 3.39. The molecule has 1 heterocycles. The van der Waals surface area contributed by atoms with Gasteiger partial charge < -0.3 is 10.1 Å². The fourth-order valence-electron chi connectivity index (χ4n) is 3.58. The zero-order valence-electron chi connectivity index (χ0n) is 13.4. The summed E-state index contributed by atoms with van der Waals surface area (Å²) >= 11 is 0. The molecule has 23 heavy (non-hydrogen) atoms. The number of nitrogens with one attached hydrogen (secondary N) is 1. The molecule has 0 bridgehead atoms. The number of halogens is 1. The largest absolute Gasteiger partial charge is 0.376 e. The third kappa shape index (κ3) is 4.31. The maximum atomic E-state index is 13.8. The third-order valence-electron chi connectivity index (χ3n) is 4.96. The Labute approximate surface area is 137 Å². The molecule has 4 nitrogen and oxygen atoms in total. The molecule has 0 amide bonds. The summed E-state index contributed by atoms with van der Waals surface area (Å²) in [6, 6.07) is 4.20. The predicted molar refractivity (Wildman–Crippen MR) is 86.4 cm³/mol. The van der Waals surface area contributed by atoms with Gasteiger partial charge in [-0.25, -0.2) is 12.8 Å². The SMILES string of the molecule is CS(=O)(=O)c1ccc(COCC2CC2C2CCNCC2)cc1F. The van der Waals surface area contributed by atoms with Gasteiger partial charge in [0, 0.05) is 6.26 Å². The lowest BCUT2D eigenvalue weighted by atomic mass is 9.92. The van der Waals surface area contributed by atoms with Gasteiger partial charge in [0.2, 0.25) is 0 Å². The average Bonchev–Trinajstić information content (AvgIpc) is 3.26. The first-order valence-electron chi connectivity index (χ1n) is 8.22. The second kappa shape index (κ2) is 6.87. The van der Waals surface area contributed by atoms with Gasteiger partial charge in [0.25, 0.3) is 0 Å². The van der Waals surface area contributed by atoms with Crippen LogP contribution in [0.1, 0.15) is 24.8 Å². The highest BCUT2D eigenvalue weighted by molar-refractivity contribution is 7.90. The maximum absolute atomic E-state index is 13.8. The van der Waals surface area contributed by atoms with E-state index in [9.17, 15) is 12.8 Å². The van der Waals surface area contributed by atoms with E-state index in [1.165, 1.54) is 31.4 Å². The second-order valence-corrected chi connectivity index (χ2v) is 8.78. The van der Waals surface area contributed by atoms with Crippen LogP contribution in [0.25, 0.3) is 0 Å². The molecule has 0 spiro atoms. The van der Waals surface area contributed by atoms with Crippen molar-refractivity contribution in [2.45, 2.75) is 30.8 Å². The molecular formula is C17H24FNO3S. The van der Waals surface area contributed by atoms with Crippen molar-refractivity contribution in [2.24, 2.45) is 17.8 Å². The highest BCUT2D eigenvalue weighted by Gasteiger charge is 2.42. The Morgan fingerprint density at radius 1 is 1.30 bits per heavy atom. The maximum Gasteiger partial charge on any atom is 0.178 e. The van der Waals surface area contributed by atoms with Crippen molar-refractivity contribution in [3.05, 3.63) is 29.6 Å². The minimum absolute atomic E-state index is 0.255. The zero-order chi connectivity index (χ0) is 16.4. The number of benzene rings is 1. The second-order valence-electron chi connectivity index (χ2n) is 6.80. The molecule has 2 fully saturated rings. The summed E-state index contributed by atoms with van der Waals surface area (Å²) in [7, 11) is -3.51. The van der Waals surface area contributed by atoms with E-state index in [1.54, 1.807) is 6.07 Å². The van der Waals surface area contributed by atoms with Gasteiger partial charge in [0.1, 0.15) is 10.7 Å². The molecule has 2 unspecified atom stereocenters. The first kappa shape index (κ1) is 16.9. The van der Waals surface area contributed by atoms with Crippen LogP contribution in [0, 0.1) is 23.6 Å². The molecular weight excluding hydrogens is 317 g/mol. The molecule has 0 aromatic heterocycles. The average molecular weight is 341 g/mol. The molecule has 2 aliphatic rings. The van der Waals surface area contributed by atoms with Gasteiger partial charge in [0.05, 0.1) is 13.2 Å². The van der Waals surface area contributed by atoms with Gasteiger partial charge in [-0.3, -0.25) is 0 Å². The molecule has 128 valence electrons. The number of rotatable bonds is 6. The van der Waals surface area contributed by atoms with Crippen LogP contribution in [0.2, 0.25) is 0 Å². The van der Waals surface area contributed by atoms with Crippen molar-refractivity contribution in [3.8, 4) is 0 Å². The molecule has 1 aromatic rings. The Bertz CT molecular complexity index is 656. The van der Waals surface area contributed by atoms with E-state index in [1.807, 2.05) is 0 Å². The lowest BCUT2D eigenvalue weighted by molar-refractivity contribution is 0.103. The van der Waals surface area contributed by atoms with Crippen LogP contribution < -0.4 is 5.32 Å². The normalized spacial score (nSPS) is 25.5. The van der Waals surface area contributed by atoms with E-state index in [2.05, 4.69) is 5.32 Å². The van der Waals surface area contributed by atoms with E-state index in [0.717, 1.165) is 31.2 Å². The third-order valence-corrected chi connectivity index (χ3v) is 6.09. The first-order valence-corrected chi connectivity index (χ1v) is 10.1. The molecule has 2 atom stereocenters. The Hall–Kier alpha value is -0.980. The van der Waals surface area contributed by atoms with Gasteiger partial charge in [-0.2, -0.15) is 0 Å². The van der Waals surface area contributed by atoms with Gasteiger partial charge >= 0.3 is 0 Å². The van der Waals surface area contributed by atoms with E-state index in [0.29, 0.717) is 24.7 Å². The molecule has 0 radical (unpaired) electrons. The molecule has 1 saturated carbocycles. The smallest absolute Gasteiger partial charge is 0.178 e. The molecule has 1 aromatic carbocycles. The molecule has 3 rings (SSSR count). The van der Waals surface area contributed by atoms with E-state index in [4.69, 9.17) is 4.74 Å². The van der Waals surface area contributed by atoms with Crippen LogP contribution in [-0.2, 0) is 21.2 Å². The Morgan fingerprint density at radius 3 is 2.70 bits per heavy atom. The fraction of sp³-hybridized carbons (Fsp3) is 0.647. The highest BCUT2D eigenvalue weighted by Crippen LogP contribution is 2.47. The van der Waals surface area contributed by atoms with Crippen molar-refractivity contribution >= 4 is 9.84 Å². The van der Waals surface area contributed by atoms with Gasteiger partial charge in [0.15, 0.2) is 9.84 Å².